The summed E-state index contributed by atoms with van der Waals surface area (Å²) in [7, 11) is -6.64. The van der Waals surface area contributed by atoms with E-state index >= 15 is 15.5 Å². The fraction of sp³-hybridized carbons (Fsp3) is 0.250. The fourth-order valence-electron chi connectivity index (χ4n) is 4.75. The standard InChI is InChI=1S/C28H27F5N2O3S/c1-36-21-14-10-19(11-15-21)26-27(20-12-16-22(37-2)17-13-20)35(25-9-5-6-18-38-25)28(34-26)39(30,31,32,33)24-8-4-3-7-23(24)29/h3-4,7-8,10-17,25H,5-6,9,18H2,1-2H3. The van der Waals surface area contributed by atoms with Crippen molar-refractivity contribution in [2.75, 3.05) is 20.8 Å². The highest BCUT2D eigenvalue weighted by atomic mass is 32.5. The van der Waals surface area contributed by atoms with Crippen molar-refractivity contribution in [2.24, 2.45) is 0 Å². The van der Waals surface area contributed by atoms with Gasteiger partial charge in [0.15, 0.2) is 0 Å². The SMILES string of the molecule is COc1ccc(-c2nc(S(F)(F)(F)(F)c3ccccc3F)n(C3CCCCO3)c2-c2ccc(OC)cc2)cc1. The van der Waals surface area contributed by atoms with Crippen LogP contribution in [0.1, 0.15) is 25.5 Å². The van der Waals surface area contributed by atoms with Crippen LogP contribution >= 0.6 is 9.84 Å². The Morgan fingerprint density at radius 3 is 1.95 bits per heavy atom. The number of benzene rings is 3. The minimum absolute atomic E-state index is 0.00309. The molecule has 4 aromatic rings. The lowest BCUT2D eigenvalue weighted by molar-refractivity contribution is -0.0372. The highest BCUT2D eigenvalue weighted by Gasteiger charge is 2.72. The summed E-state index contributed by atoms with van der Waals surface area (Å²) in [6.07, 6.45) is 0.234. The van der Waals surface area contributed by atoms with Crippen LogP contribution in [0.2, 0.25) is 0 Å². The maximum Gasteiger partial charge on any atom is 0.245 e. The van der Waals surface area contributed by atoms with Crippen molar-refractivity contribution in [1.29, 1.82) is 0 Å². The van der Waals surface area contributed by atoms with Crippen molar-refractivity contribution in [3.8, 4) is 34.0 Å². The normalized spacial score (nSPS) is 17.8. The lowest BCUT2D eigenvalue weighted by Crippen LogP contribution is -2.27. The molecule has 1 atom stereocenters. The summed E-state index contributed by atoms with van der Waals surface area (Å²) in [5, 5.41) is -1.82. The number of imidazole rings is 1. The molecule has 1 unspecified atom stereocenters. The Morgan fingerprint density at radius 1 is 0.821 bits per heavy atom. The Balaban J connectivity index is 1.89. The molecule has 0 N–H and O–H groups in total. The third-order valence-electron chi connectivity index (χ3n) is 6.70. The molecule has 0 spiro atoms. The number of nitrogens with zero attached hydrogens (tertiary/aromatic N) is 2. The first kappa shape index (κ1) is 27.0. The number of hydrogen-bond donors (Lipinski definition) is 0. The van der Waals surface area contributed by atoms with Crippen LogP contribution in [0.4, 0.5) is 19.9 Å². The second-order valence-electron chi connectivity index (χ2n) is 9.24. The monoisotopic (exact) mass is 566 g/mol. The average molecular weight is 567 g/mol. The first-order valence-electron chi connectivity index (χ1n) is 12.2. The van der Waals surface area contributed by atoms with Gasteiger partial charge in [-0.25, -0.2) is 9.37 Å². The predicted molar refractivity (Wildman–Crippen MR) is 140 cm³/mol. The zero-order valence-electron chi connectivity index (χ0n) is 21.3. The molecule has 2 heterocycles. The molecule has 11 heteroatoms. The minimum Gasteiger partial charge on any atom is -0.497 e. The quantitative estimate of drug-likeness (QED) is 0.210. The summed E-state index contributed by atoms with van der Waals surface area (Å²) < 4.78 is 97.2. The van der Waals surface area contributed by atoms with Gasteiger partial charge in [0, 0.05) is 17.7 Å². The first-order valence-corrected chi connectivity index (χ1v) is 14.3. The largest absolute Gasteiger partial charge is 0.497 e. The molecule has 1 aliphatic rings. The molecule has 5 nitrogen and oxygen atoms in total. The first-order chi connectivity index (χ1) is 18.5. The van der Waals surface area contributed by atoms with Crippen molar-refractivity contribution in [1.82, 2.24) is 9.55 Å². The number of ether oxygens (including phenoxy) is 3. The van der Waals surface area contributed by atoms with Crippen LogP contribution in [0, 0.1) is 5.82 Å². The smallest absolute Gasteiger partial charge is 0.245 e. The number of methoxy groups -OCH3 is 2. The highest BCUT2D eigenvalue weighted by Crippen LogP contribution is 3.04. The molecule has 1 fully saturated rings. The second-order valence-corrected chi connectivity index (χ2v) is 12.2. The van der Waals surface area contributed by atoms with E-state index in [1.165, 1.54) is 14.2 Å². The van der Waals surface area contributed by atoms with Crippen molar-refractivity contribution in [3.63, 3.8) is 0 Å². The van der Waals surface area contributed by atoms with E-state index in [0.29, 0.717) is 47.6 Å². The number of hydrogen-bond acceptors (Lipinski definition) is 4. The molecular weight excluding hydrogens is 539 g/mol. The molecule has 0 amide bonds. The van der Waals surface area contributed by atoms with Crippen LogP contribution in [-0.2, 0) is 4.74 Å². The molecule has 5 rings (SSSR count). The third kappa shape index (κ3) is 4.74. The van der Waals surface area contributed by atoms with Gasteiger partial charge in [0.1, 0.15) is 28.4 Å². The maximum absolute atomic E-state index is 16.4. The van der Waals surface area contributed by atoms with E-state index in [1.54, 1.807) is 48.5 Å². The molecule has 1 aromatic heterocycles. The van der Waals surface area contributed by atoms with Gasteiger partial charge < -0.3 is 14.2 Å². The van der Waals surface area contributed by atoms with Gasteiger partial charge >= 0.3 is 0 Å². The van der Waals surface area contributed by atoms with Crippen LogP contribution in [0.5, 0.6) is 11.5 Å². The summed E-state index contributed by atoms with van der Waals surface area (Å²) in [4.78, 5) is 1.98. The van der Waals surface area contributed by atoms with Crippen molar-refractivity contribution in [2.45, 2.75) is 35.5 Å². The van der Waals surface area contributed by atoms with E-state index < -0.39 is 31.9 Å². The van der Waals surface area contributed by atoms with E-state index in [2.05, 4.69) is 4.98 Å². The van der Waals surface area contributed by atoms with E-state index in [9.17, 15) is 4.39 Å². The topological polar surface area (TPSA) is 45.5 Å². The van der Waals surface area contributed by atoms with Gasteiger partial charge in [0.2, 0.25) is 15.0 Å². The molecule has 0 saturated carbocycles. The van der Waals surface area contributed by atoms with Gasteiger partial charge in [-0.15, -0.1) is 15.5 Å². The van der Waals surface area contributed by atoms with Crippen LogP contribution in [-0.4, -0.2) is 30.4 Å². The van der Waals surface area contributed by atoms with Crippen LogP contribution in [0.25, 0.3) is 22.5 Å². The van der Waals surface area contributed by atoms with Crippen LogP contribution < -0.4 is 9.47 Å². The van der Waals surface area contributed by atoms with Crippen molar-refractivity contribution >= 4 is 9.84 Å². The van der Waals surface area contributed by atoms with Gasteiger partial charge in [-0.05, 0) is 79.9 Å². The zero-order valence-corrected chi connectivity index (χ0v) is 22.1. The fourth-order valence-corrected chi connectivity index (χ4v) is 6.64. The average Bonchev–Trinajstić information content (AvgIpc) is 3.36. The van der Waals surface area contributed by atoms with E-state index in [-0.39, 0.29) is 24.4 Å². The Kier molecular flexibility index (Phi) is 6.42. The Morgan fingerprint density at radius 2 is 1.41 bits per heavy atom. The molecule has 208 valence electrons. The van der Waals surface area contributed by atoms with Crippen LogP contribution in [0.3, 0.4) is 0 Å². The summed E-state index contributed by atoms with van der Waals surface area (Å²) in [6, 6.07) is 15.6. The van der Waals surface area contributed by atoms with Gasteiger partial charge in [-0.2, -0.15) is 0 Å². The molecule has 0 bridgehead atoms. The van der Waals surface area contributed by atoms with Gasteiger partial charge in [-0.1, -0.05) is 12.1 Å². The number of rotatable bonds is 7. The second kappa shape index (κ2) is 9.27. The third-order valence-corrected chi connectivity index (χ3v) is 8.93. The summed E-state index contributed by atoms with van der Waals surface area (Å²) in [6.45, 7) is 0.190. The predicted octanol–water partition coefficient (Wildman–Crippen LogP) is 8.90. The van der Waals surface area contributed by atoms with Crippen LogP contribution in [0.15, 0.2) is 82.8 Å². The molecule has 1 aliphatic heterocycles. The Hall–Kier alpha value is -3.57. The summed E-state index contributed by atoms with van der Waals surface area (Å²) in [5.74, 6) is -0.752. The number of halogens is 5. The lowest BCUT2D eigenvalue weighted by Gasteiger charge is -2.49. The van der Waals surface area contributed by atoms with E-state index in [1.807, 2.05) is 0 Å². The maximum atomic E-state index is 16.4. The van der Waals surface area contributed by atoms with Crippen molar-refractivity contribution < 1.29 is 34.1 Å². The van der Waals surface area contributed by atoms with Gasteiger partial charge in [-0.3, -0.25) is 4.57 Å². The zero-order chi connectivity index (χ0) is 27.9. The molecule has 0 aliphatic carbocycles. The van der Waals surface area contributed by atoms with E-state index in [0.717, 1.165) is 16.7 Å². The van der Waals surface area contributed by atoms with E-state index in [4.69, 9.17) is 14.2 Å². The Labute approximate surface area is 222 Å². The molecule has 39 heavy (non-hydrogen) atoms. The van der Waals surface area contributed by atoms with Gasteiger partial charge in [0.05, 0.1) is 25.6 Å². The molecule has 0 radical (unpaired) electrons. The molecule has 3 aromatic carbocycles. The minimum atomic E-state index is -9.57. The number of aromatic nitrogens is 2. The van der Waals surface area contributed by atoms with Gasteiger partial charge in [0.25, 0.3) is 0 Å². The van der Waals surface area contributed by atoms with Crippen molar-refractivity contribution in [3.05, 3.63) is 78.6 Å². The molecule has 1 saturated heterocycles. The summed E-state index contributed by atoms with van der Waals surface area (Å²) >= 11 is 0. The lowest BCUT2D eigenvalue weighted by atomic mass is 10.0. The summed E-state index contributed by atoms with van der Waals surface area (Å²) in [5.41, 5.74) is 0.492. The highest BCUT2D eigenvalue weighted by molar-refractivity contribution is 8.49. The Bertz CT molecular complexity index is 1500. The molecular formula is C28H27F5N2O3S.